The molecule has 1 fully saturated rings. The molecule has 1 aromatic heterocycles. The number of nitrogens with one attached hydrogen (secondary N) is 3. The first-order valence-corrected chi connectivity index (χ1v) is 13.2. The summed E-state index contributed by atoms with van der Waals surface area (Å²) in [6, 6.07) is 28.8. The average Bonchev–Trinajstić information content (AvgIpc) is 3.50. The molecule has 9 heteroatoms. The molecular weight excluding hydrogens is 480 g/mol. The van der Waals surface area contributed by atoms with Crippen molar-refractivity contribution in [3.63, 3.8) is 0 Å². The summed E-state index contributed by atoms with van der Waals surface area (Å²) in [5.41, 5.74) is 1.33. The Labute approximate surface area is 207 Å². The van der Waals surface area contributed by atoms with Crippen molar-refractivity contribution in [1.29, 1.82) is 5.41 Å². The molecule has 7 nitrogen and oxygen atoms in total. The number of nitrogens with zero attached hydrogens (tertiary/aromatic N) is 1. The van der Waals surface area contributed by atoms with Crippen LogP contribution in [0.25, 0.3) is 0 Å². The van der Waals surface area contributed by atoms with Crippen LogP contribution in [0.4, 0.5) is 5.69 Å². The second-order valence-electron chi connectivity index (χ2n) is 8.08. The van der Waals surface area contributed by atoms with Crippen molar-refractivity contribution in [1.82, 2.24) is 10.2 Å². The molecule has 3 aromatic carbocycles. The third kappa shape index (κ3) is 4.20. The van der Waals surface area contributed by atoms with Gasteiger partial charge in [0, 0.05) is 5.69 Å². The van der Waals surface area contributed by atoms with E-state index < -0.39 is 15.6 Å². The minimum Gasteiger partial charge on any atom is -0.334 e. The van der Waals surface area contributed by atoms with Gasteiger partial charge in [0.2, 0.25) is 0 Å². The molecule has 176 valence electrons. The summed E-state index contributed by atoms with van der Waals surface area (Å²) in [5.74, 6) is -0.295. The zero-order chi connectivity index (χ0) is 24.5. The van der Waals surface area contributed by atoms with Gasteiger partial charge in [0.1, 0.15) is 4.21 Å². The van der Waals surface area contributed by atoms with E-state index in [9.17, 15) is 13.2 Å². The second kappa shape index (κ2) is 9.01. The Balaban J connectivity index is 1.46. The molecule has 3 N–H and O–H groups in total. The van der Waals surface area contributed by atoms with Gasteiger partial charge in [-0.05, 0) is 40.3 Å². The van der Waals surface area contributed by atoms with E-state index in [4.69, 9.17) is 5.41 Å². The molecule has 1 saturated heterocycles. The van der Waals surface area contributed by atoms with Gasteiger partial charge in [0.15, 0.2) is 11.5 Å². The van der Waals surface area contributed by atoms with E-state index in [1.165, 1.54) is 4.90 Å². The topological polar surface area (TPSA) is 102 Å². The fourth-order valence-corrected chi connectivity index (χ4v) is 6.27. The number of thiophene rings is 1. The Kier molecular flexibility index (Phi) is 5.88. The summed E-state index contributed by atoms with van der Waals surface area (Å²) in [6.07, 6.45) is 0. The monoisotopic (exact) mass is 502 g/mol. The predicted octanol–water partition coefficient (Wildman–Crippen LogP) is 4.36. The van der Waals surface area contributed by atoms with E-state index in [0.717, 1.165) is 22.5 Å². The van der Waals surface area contributed by atoms with Crippen molar-refractivity contribution in [3.8, 4) is 0 Å². The lowest BCUT2D eigenvalue weighted by Crippen LogP contribution is -2.45. The minimum absolute atomic E-state index is 0.0210. The van der Waals surface area contributed by atoms with E-state index >= 15 is 0 Å². The van der Waals surface area contributed by atoms with Crippen LogP contribution in [0.2, 0.25) is 0 Å². The molecule has 0 atom stereocenters. The molecule has 1 aliphatic rings. The number of anilines is 1. The number of hydrogen-bond donors (Lipinski definition) is 3. The summed E-state index contributed by atoms with van der Waals surface area (Å²) in [7, 11) is -3.69. The van der Waals surface area contributed by atoms with Crippen LogP contribution in [-0.2, 0) is 26.9 Å². The maximum absolute atomic E-state index is 13.9. The van der Waals surface area contributed by atoms with Crippen LogP contribution in [0.15, 0.2) is 107 Å². The van der Waals surface area contributed by atoms with Crippen LogP contribution in [0.1, 0.15) is 16.7 Å². The highest BCUT2D eigenvalue weighted by atomic mass is 32.2. The van der Waals surface area contributed by atoms with Gasteiger partial charge >= 0.3 is 0 Å². The fourth-order valence-electron chi connectivity index (χ4n) is 4.23. The molecule has 0 bridgehead atoms. The number of benzene rings is 3. The summed E-state index contributed by atoms with van der Waals surface area (Å²) in [5, 5.41) is 13.5. The van der Waals surface area contributed by atoms with Crippen molar-refractivity contribution in [2.75, 3.05) is 4.72 Å². The Morgan fingerprint density at radius 3 is 2.14 bits per heavy atom. The van der Waals surface area contributed by atoms with Gasteiger partial charge in [0.25, 0.3) is 15.9 Å². The highest BCUT2D eigenvalue weighted by molar-refractivity contribution is 7.94. The highest BCUT2D eigenvalue weighted by Crippen LogP contribution is 2.36. The molecule has 0 saturated carbocycles. The van der Waals surface area contributed by atoms with Crippen LogP contribution in [0.5, 0.6) is 0 Å². The van der Waals surface area contributed by atoms with E-state index in [0.29, 0.717) is 11.3 Å². The third-order valence-electron chi connectivity index (χ3n) is 5.84. The van der Waals surface area contributed by atoms with Crippen molar-refractivity contribution in [3.05, 3.63) is 119 Å². The number of carbonyl (C=O) groups is 1. The number of carbonyl (C=O) groups excluding carboxylic acids is 1. The highest BCUT2D eigenvalue weighted by Gasteiger charge is 2.52. The van der Waals surface area contributed by atoms with E-state index in [-0.39, 0.29) is 22.6 Å². The SMILES string of the molecule is N=C1NC(c2ccccc2)(c2ccccc2)C(=O)N1Cc1cccc(NS(=O)(=O)c2cccs2)c1. The fraction of sp³-hybridized carbons (Fsp3) is 0.0769. The molecule has 35 heavy (non-hydrogen) atoms. The third-order valence-corrected chi connectivity index (χ3v) is 8.61. The molecule has 0 unspecified atom stereocenters. The van der Waals surface area contributed by atoms with Gasteiger partial charge in [-0.2, -0.15) is 0 Å². The summed E-state index contributed by atoms with van der Waals surface area (Å²) in [4.78, 5) is 15.3. The Bertz CT molecular complexity index is 1430. The van der Waals surface area contributed by atoms with Crippen LogP contribution in [-0.4, -0.2) is 25.2 Å². The largest absolute Gasteiger partial charge is 0.334 e. The predicted molar refractivity (Wildman–Crippen MR) is 137 cm³/mol. The van der Waals surface area contributed by atoms with Crippen molar-refractivity contribution < 1.29 is 13.2 Å². The van der Waals surface area contributed by atoms with Crippen LogP contribution in [0.3, 0.4) is 0 Å². The van der Waals surface area contributed by atoms with E-state index in [1.807, 2.05) is 60.7 Å². The molecule has 0 spiro atoms. The number of sulfonamides is 1. The lowest BCUT2D eigenvalue weighted by Gasteiger charge is -2.28. The molecule has 0 aliphatic carbocycles. The molecule has 5 rings (SSSR count). The maximum Gasteiger partial charge on any atom is 0.271 e. The normalized spacial score (nSPS) is 15.1. The molecule has 2 heterocycles. The zero-order valence-corrected chi connectivity index (χ0v) is 20.1. The Morgan fingerprint density at radius 2 is 1.54 bits per heavy atom. The number of hydrogen-bond acceptors (Lipinski definition) is 5. The smallest absolute Gasteiger partial charge is 0.271 e. The molecular formula is C26H22N4O3S2. The Hall–Kier alpha value is -3.95. The first-order valence-electron chi connectivity index (χ1n) is 10.9. The van der Waals surface area contributed by atoms with Crippen LogP contribution in [0, 0.1) is 5.41 Å². The average molecular weight is 503 g/mol. The quantitative estimate of drug-likeness (QED) is 0.349. The number of amides is 1. The Morgan fingerprint density at radius 1 is 0.886 bits per heavy atom. The van der Waals surface area contributed by atoms with Gasteiger partial charge in [-0.1, -0.05) is 78.9 Å². The van der Waals surface area contributed by atoms with Crippen molar-refractivity contribution >= 4 is 38.9 Å². The van der Waals surface area contributed by atoms with Crippen molar-refractivity contribution in [2.24, 2.45) is 0 Å². The second-order valence-corrected chi connectivity index (χ2v) is 10.9. The molecule has 1 amide bonds. The number of guanidine groups is 1. The van der Waals surface area contributed by atoms with Gasteiger partial charge in [-0.25, -0.2) is 8.42 Å². The zero-order valence-electron chi connectivity index (χ0n) is 18.5. The molecule has 0 radical (unpaired) electrons. The van der Waals surface area contributed by atoms with E-state index in [1.54, 1.807) is 41.8 Å². The standard InChI is InChI=1S/C26H22N4O3S2/c27-25-28-26(20-10-3-1-4-11-20,21-12-5-2-6-13-21)24(31)30(25)18-19-9-7-14-22(17-19)29-35(32,33)23-15-8-16-34-23/h1-17,29H,18H2,(H2,27,28). The first kappa shape index (κ1) is 22.8. The lowest BCUT2D eigenvalue weighted by atomic mass is 9.82. The lowest BCUT2D eigenvalue weighted by molar-refractivity contribution is -0.130. The van der Waals surface area contributed by atoms with Gasteiger partial charge in [0.05, 0.1) is 6.54 Å². The summed E-state index contributed by atoms with van der Waals surface area (Å²) >= 11 is 1.14. The van der Waals surface area contributed by atoms with Crippen LogP contribution >= 0.6 is 11.3 Å². The van der Waals surface area contributed by atoms with Gasteiger partial charge < -0.3 is 5.32 Å². The van der Waals surface area contributed by atoms with E-state index in [2.05, 4.69) is 10.0 Å². The maximum atomic E-state index is 13.9. The minimum atomic E-state index is -3.69. The van der Waals surface area contributed by atoms with Crippen LogP contribution < -0.4 is 10.0 Å². The number of rotatable bonds is 7. The summed E-state index contributed by atoms with van der Waals surface area (Å²) < 4.78 is 28.0. The van der Waals surface area contributed by atoms with Gasteiger partial charge in [-0.15, -0.1) is 11.3 Å². The van der Waals surface area contributed by atoms with Crippen molar-refractivity contribution in [2.45, 2.75) is 16.3 Å². The first-order chi connectivity index (χ1) is 16.9. The molecule has 4 aromatic rings. The summed E-state index contributed by atoms with van der Waals surface area (Å²) in [6.45, 7) is 0.112. The van der Waals surface area contributed by atoms with Gasteiger partial charge in [-0.3, -0.25) is 19.8 Å². The molecule has 1 aliphatic heterocycles.